The molecule has 0 unspecified atom stereocenters. The van der Waals surface area contributed by atoms with E-state index in [-0.39, 0.29) is 5.75 Å². The van der Waals surface area contributed by atoms with Crippen molar-refractivity contribution in [2.24, 2.45) is 0 Å². The molecule has 112 valence electrons. The van der Waals surface area contributed by atoms with Crippen molar-refractivity contribution in [1.29, 1.82) is 0 Å². The second kappa shape index (κ2) is 7.72. The molecule has 0 spiro atoms. The lowest BCUT2D eigenvalue weighted by atomic mass is 10.0. The fourth-order valence-electron chi connectivity index (χ4n) is 2.18. The van der Waals surface area contributed by atoms with Crippen molar-refractivity contribution in [2.45, 2.75) is 45.2 Å². The lowest BCUT2D eigenvalue weighted by molar-refractivity contribution is 0.290. The third kappa shape index (κ3) is 4.81. The van der Waals surface area contributed by atoms with Gasteiger partial charge >= 0.3 is 0 Å². The van der Waals surface area contributed by atoms with Crippen molar-refractivity contribution in [3.8, 4) is 17.1 Å². The minimum Gasteiger partial charge on any atom is -0.505 e. The maximum absolute atomic E-state index is 13.6. The molecule has 4 heteroatoms. The van der Waals surface area contributed by atoms with Crippen molar-refractivity contribution in [3.05, 3.63) is 42.2 Å². The van der Waals surface area contributed by atoms with Gasteiger partial charge in [0.15, 0.2) is 11.6 Å². The molecule has 1 atom stereocenters. The average Bonchev–Trinajstić information content (AvgIpc) is 2.52. The normalized spacial score (nSPS) is 12.3. The number of benzene rings is 1. The Morgan fingerprint density at radius 2 is 1.76 bits per heavy atom. The average molecular weight is 288 g/mol. The second-order valence-electron chi connectivity index (χ2n) is 5.24. The smallest absolute Gasteiger partial charge is 0.159 e. The van der Waals surface area contributed by atoms with Crippen molar-refractivity contribution in [1.82, 2.24) is 9.97 Å². The number of aromatic hydroxyl groups is 1. The van der Waals surface area contributed by atoms with Gasteiger partial charge in [-0.3, -0.25) is 0 Å². The molecule has 0 radical (unpaired) electrons. The molecule has 0 amide bonds. The van der Waals surface area contributed by atoms with E-state index >= 15 is 0 Å². The fourth-order valence-corrected chi connectivity index (χ4v) is 2.18. The Labute approximate surface area is 124 Å². The summed E-state index contributed by atoms with van der Waals surface area (Å²) >= 11 is 0. The summed E-state index contributed by atoms with van der Waals surface area (Å²) in [6.07, 6.45) is 6.03. The molecule has 1 N–H and O–H groups in total. The number of nitrogens with zero attached hydrogens (tertiary/aromatic N) is 2. The highest BCUT2D eigenvalue weighted by molar-refractivity contribution is 5.55. The highest BCUT2D eigenvalue weighted by Gasteiger charge is 2.07. The maximum atomic E-state index is 13.6. The van der Waals surface area contributed by atoms with Crippen LogP contribution < -0.4 is 0 Å². The summed E-state index contributed by atoms with van der Waals surface area (Å²) in [6, 6.07) is 7.83. The molecular formula is C17H21FN2O. The lowest BCUT2D eigenvalue weighted by Gasteiger charge is -2.08. The van der Waals surface area contributed by atoms with Gasteiger partial charge in [0, 0.05) is 5.56 Å². The number of aryl methyl sites for hydroxylation is 1. The highest BCUT2D eigenvalue weighted by atomic mass is 19.1. The first-order valence-corrected chi connectivity index (χ1v) is 7.43. The highest BCUT2D eigenvalue weighted by Crippen LogP contribution is 2.18. The Hall–Kier alpha value is -1.97. The third-order valence-corrected chi connectivity index (χ3v) is 3.47. The van der Waals surface area contributed by atoms with Crippen LogP contribution in [-0.4, -0.2) is 21.2 Å². The van der Waals surface area contributed by atoms with E-state index in [1.807, 2.05) is 24.3 Å². The summed E-state index contributed by atoms with van der Waals surface area (Å²) in [5.41, 5.74) is 2.01. The molecule has 21 heavy (non-hydrogen) atoms. The first kappa shape index (κ1) is 15.4. The van der Waals surface area contributed by atoms with Gasteiger partial charge in [-0.25, -0.2) is 14.4 Å². The van der Waals surface area contributed by atoms with E-state index in [0.717, 1.165) is 30.4 Å². The number of aromatic nitrogens is 2. The van der Waals surface area contributed by atoms with Gasteiger partial charge in [-0.15, -0.1) is 0 Å². The van der Waals surface area contributed by atoms with E-state index in [2.05, 4.69) is 16.9 Å². The molecule has 0 aliphatic rings. The molecule has 1 aromatic carbocycles. The van der Waals surface area contributed by atoms with Gasteiger partial charge in [0.25, 0.3) is 0 Å². The summed E-state index contributed by atoms with van der Waals surface area (Å²) in [4.78, 5) is 8.13. The molecule has 0 aliphatic heterocycles. The summed E-state index contributed by atoms with van der Waals surface area (Å²) in [5.74, 6) is 0.627. The van der Waals surface area contributed by atoms with Gasteiger partial charge in [0.2, 0.25) is 0 Å². The number of hydrogen-bond donors (Lipinski definition) is 1. The topological polar surface area (TPSA) is 46.0 Å². The minimum absolute atomic E-state index is 0.0523. The molecule has 0 saturated heterocycles. The van der Waals surface area contributed by atoms with Gasteiger partial charge in [0.05, 0.1) is 12.4 Å². The van der Waals surface area contributed by atoms with E-state index < -0.39 is 6.17 Å². The Bertz CT molecular complexity index is 540. The quantitative estimate of drug-likeness (QED) is 0.825. The summed E-state index contributed by atoms with van der Waals surface area (Å²) in [5, 5.41) is 9.17. The molecule has 2 aromatic rings. The van der Waals surface area contributed by atoms with Crippen LogP contribution in [0.2, 0.25) is 0 Å². The minimum atomic E-state index is -0.704. The molecular weight excluding hydrogens is 267 g/mol. The lowest BCUT2D eigenvalue weighted by Crippen LogP contribution is -2.02. The van der Waals surface area contributed by atoms with Crippen LogP contribution in [0.5, 0.6) is 5.75 Å². The molecule has 3 nitrogen and oxygen atoms in total. The summed E-state index contributed by atoms with van der Waals surface area (Å²) < 4.78 is 13.6. The van der Waals surface area contributed by atoms with E-state index in [0.29, 0.717) is 18.7 Å². The Kier molecular flexibility index (Phi) is 5.67. The van der Waals surface area contributed by atoms with Crippen molar-refractivity contribution < 1.29 is 9.50 Å². The standard InChI is InChI=1S/C17H21FN2O/c1-2-3-4-15(18)10-7-13-5-8-14(9-6-13)17-19-11-16(21)12-20-17/h5-6,8-9,11-12,15,21H,2-4,7,10H2,1H3/t15-/m1/s1. The largest absolute Gasteiger partial charge is 0.505 e. The van der Waals surface area contributed by atoms with Crippen LogP contribution in [0.1, 0.15) is 38.2 Å². The van der Waals surface area contributed by atoms with E-state index in [1.54, 1.807) is 0 Å². The SMILES string of the molecule is CCCC[C@@H](F)CCc1ccc(-c2ncc(O)cn2)cc1. The van der Waals surface area contributed by atoms with Gasteiger partial charge < -0.3 is 5.11 Å². The van der Waals surface area contributed by atoms with Crippen LogP contribution in [0.3, 0.4) is 0 Å². The Morgan fingerprint density at radius 1 is 1.10 bits per heavy atom. The third-order valence-electron chi connectivity index (χ3n) is 3.47. The molecule has 1 aromatic heterocycles. The van der Waals surface area contributed by atoms with Crippen molar-refractivity contribution >= 4 is 0 Å². The Balaban J connectivity index is 1.91. The zero-order valence-corrected chi connectivity index (χ0v) is 12.3. The van der Waals surface area contributed by atoms with E-state index in [4.69, 9.17) is 0 Å². The van der Waals surface area contributed by atoms with Crippen LogP contribution in [0.25, 0.3) is 11.4 Å². The summed E-state index contributed by atoms with van der Waals surface area (Å²) in [7, 11) is 0. The van der Waals surface area contributed by atoms with Crippen molar-refractivity contribution in [3.63, 3.8) is 0 Å². The fraction of sp³-hybridized carbons (Fsp3) is 0.412. The number of unbranched alkanes of at least 4 members (excludes halogenated alkanes) is 1. The van der Waals surface area contributed by atoms with Gasteiger partial charge in [0.1, 0.15) is 6.17 Å². The van der Waals surface area contributed by atoms with Crippen LogP contribution in [0, 0.1) is 0 Å². The first-order chi connectivity index (χ1) is 10.2. The Morgan fingerprint density at radius 3 is 2.38 bits per heavy atom. The molecule has 0 saturated carbocycles. The number of hydrogen-bond acceptors (Lipinski definition) is 3. The molecule has 2 rings (SSSR count). The molecule has 1 heterocycles. The summed E-state index contributed by atoms with van der Waals surface area (Å²) in [6.45, 7) is 2.08. The van der Waals surface area contributed by atoms with Crippen molar-refractivity contribution in [2.75, 3.05) is 0 Å². The van der Waals surface area contributed by atoms with Gasteiger partial charge in [-0.1, -0.05) is 44.0 Å². The monoisotopic (exact) mass is 288 g/mol. The molecule has 0 bridgehead atoms. The maximum Gasteiger partial charge on any atom is 0.159 e. The predicted molar refractivity (Wildman–Crippen MR) is 81.9 cm³/mol. The van der Waals surface area contributed by atoms with Crippen LogP contribution in [0.4, 0.5) is 4.39 Å². The molecule has 0 aliphatic carbocycles. The van der Waals surface area contributed by atoms with Crippen LogP contribution in [0.15, 0.2) is 36.7 Å². The number of rotatable bonds is 7. The van der Waals surface area contributed by atoms with E-state index in [1.165, 1.54) is 12.4 Å². The van der Waals surface area contributed by atoms with E-state index in [9.17, 15) is 9.50 Å². The predicted octanol–water partition coefficient (Wildman–Crippen LogP) is 4.31. The zero-order chi connectivity index (χ0) is 15.1. The molecule has 0 fully saturated rings. The second-order valence-corrected chi connectivity index (χ2v) is 5.24. The van der Waals surface area contributed by atoms with Gasteiger partial charge in [-0.05, 0) is 24.8 Å². The first-order valence-electron chi connectivity index (χ1n) is 7.43. The number of alkyl halides is 1. The van der Waals surface area contributed by atoms with Crippen LogP contribution in [-0.2, 0) is 6.42 Å². The zero-order valence-electron chi connectivity index (χ0n) is 12.3. The van der Waals surface area contributed by atoms with Crippen LogP contribution >= 0.6 is 0 Å². The van der Waals surface area contributed by atoms with Gasteiger partial charge in [-0.2, -0.15) is 0 Å². The number of halogens is 1.